The van der Waals surface area contributed by atoms with Crippen molar-refractivity contribution >= 4 is 58.1 Å². The van der Waals surface area contributed by atoms with E-state index in [1.165, 1.54) is 31.4 Å². The second kappa shape index (κ2) is 13.7. The summed E-state index contributed by atoms with van der Waals surface area (Å²) in [7, 11) is 1.49. The zero-order chi connectivity index (χ0) is 27.7. The molecule has 2 aromatic rings. The second-order valence-corrected chi connectivity index (χ2v) is 9.41. The van der Waals surface area contributed by atoms with Crippen LogP contribution in [0.3, 0.4) is 0 Å². The quantitative estimate of drug-likeness (QED) is 0.156. The molecule has 0 spiro atoms. The zero-order valence-corrected chi connectivity index (χ0v) is 22.5. The number of unbranched alkanes of at least 4 members (excludes halogenated alkanes) is 1. The number of carbonyl (C=O) groups is 4. The van der Waals surface area contributed by atoms with Gasteiger partial charge in [0.2, 0.25) is 5.91 Å². The van der Waals surface area contributed by atoms with Gasteiger partial charge in [0.25, 0.3) is 11.1 Å². The number of carbonyl (C=O) groups excluding carboxylic acids is 4. The number of methoxy groups -OCH3 is 1. The number of amides is 3. The lowest BCUT2D eigenvalue weighted by Gasteiger charge is -2.13. The Morgan fingerprint density at radius 2 is 1.95 bits per heavy atom. The number of hydrogen-bond donors (Lipinski definition) is 1. The molecule has 1 heterocycles. The zero-order valence-electron chi connectivity index (χ0n) is 21.0. The van der Waals surface area contributed by atoms with Gasteiger partial charge < -0.3 is 19.5 Å². The van der Waals surface area contributed by atoms with Crippen LogP contribution in [0.15, 0.2) is 54.0 Å². The Hall–Kier alpha value is -3.76. The Morgan fingerprint density at radius 3 is 2.66 bits per heavy atom. The monoisotopic (exact) mass is 558 g/mol. The van der Waals surface area contributed by atoms with Crippen molar-refractivity contribution < 1.29 is 33.4 Å². The Labute approximate surface area is 229 Å². The predicted molar refractivity (Wildman–Crippen MR) is 147 cm³/mol. The van der Waals surface area contributed by atoms with E-state index >= 15 is 0 Å². The van der Waals surface area contributed by atoms with Crippen LogP contribution in [0.25, 0.3) is 6.08 Å². The molecule has 38 heavy (non-hydrogen) atoms. The molecule has 0 aromatic heterocycles. The van der Waals surface area contributed by atoms with Crippen LogP contribution in [0.2, 0.25) is 5.02 Å². The van der Waals surface area contributed by atoms with Crippen LogP contribution in [-0.4, -0.2) is 54.8 Å². The van der Waals surface area contributed by atoms with Crippen molar-refractivity contribution in [2.24, 2.45) is 0 Å². The molecule has 3 rings (SSSR count). The van der Waals surface area contributed by atoms with Gasteiger partial charge in [0.15, 0.2) is 11.5 Å². The van der Waals surface area contributed by atoms with E-state index in [0.717, 1.165) is 29.5 Å². The van der Waals surface area contributed by atoms with Crippen molar-refractivity contribution in [3.8, 4) is 11.5 Å². The fourth-order valence-corrected chi connectivity index (χ4v) is 4.35. The van der Waals surface area contributed by atoms with Crippen LogP contribution in [0.4, 0.5) is 10.5 Å². The number of rotatable bonds is 12. The third-order valence-electron chi connectivity index (χ3n) is 5.22. The average molecular weight is 559 g/mol. The van der Waals surface area contributed by atoms with Crippen LogP contribution >= 0.6 is 23.4 Å². The molecule has 1 aliphatic heterocycles. The fraction of sp³-hybridized carbons (Fsp3) is 0.259. The van der Waals surface area contributed by atoms with Gasteiger partial charge in [-0.2, -0.15) is 0 Å². The molecule has 0 atom stereocenters. The van der Waals surface area contributed by atoms with Gasteiger partial charge in [-0.1, -0.05) is 43.7 Å². The number of anilines is 1. The van der Waals surface area contributed by atoms with Crippen LogP contribution in [0.1, 0.15) is 35.7 Å². The van der Waals surface area contributed by atoms with Crippen LogP contribution in [-0.2, 0) is 14.3 Å². The molecule has 3 amide bonds. The van der Waals surface area contributed by atoms with Gasteiger partial charge in [-0.15, -0.1) is 0 Å². The van der Waals surface area contributed by atoms with E-state index in [1.54, 1.807) is 24.3 Å². The Bertz CT molecular complexity index is 1280. The number of ether oxygens (including phenoxy) is 3. The summed E-state index contributed by atoms with van der Waals surface area (Å²) in [5.74, 6) is -0.860. The molecule has 0 bridgehead atoms. The number of esters is 1. The maximum Gasteiger partial charge on any atom is 0.339 e. The van der Waals surface area contributed by atoms with Crippen molar-refractivity contribution in [2.45, 2.75) is 19.8 Å². The Kier molecular flexibility index (Phi) is 10.4. The van der Waals surface area contributed by atoms with Crippen LogP contribution < -0.4 is 14.8 Å². The maximum absolute atomic E-state index is 12.9. The largest absolute Gasteiger partial charge is 0.493 e. The summed E-state index contributed by atoms with van der Waals surface area (Å²) in [5.41, 5.74) is 0.989. The molecule has 0 radical (unpaired) electrons. The Balaban J connectivity index is 1.67. The van der Waals surface area contributed by atoms with E-state index in [4.69, 9.17) is 25.8 Å². The molecule has 0 unspecified atom stereocenters. The van der Waals surface area contributed by atoms with E-state index < -0.39 is 29.6 Å². The minimum Gasteiger partial charge on any atom is -0.493 e. The average Bonchev–Trinajstić information content (AvgIpc) is 3.16. The van der Waals surface area contributed by atoms with E-state index in [1.807, 2.05) is 6.92 Å². The number of thioether (sulfide) groups is 1. The van der Waals surface area contributed by atoms with Gasteiger partial charge in [-0.3, -0.25) is 19.3 Å². The molecule has 1 aliphatic rings. The van der Waals surface area contributed by atoms with Gasteiger partial charge in [0.05, 0.1) is 29.2 Å². The highest BCUT2D eigenvalue weighted by molar-refractivity contribution is 8.18. The first-order valence-electron chi connectivity index (χ1n) is 11.7. The molecule has 1 saturated heterocycles. The molecule has 0 saturated carbocycles. The lowest BCUT2D eigenvalue weighted by Crippen LogP contribution is -2.36. The van der Waals surface area contributed by atoms with E-state index in [9.17, 15) is 19.2 Å². The SMILES string of the molecule is C=CCOc1ccc(/C=C2/SC(=O)N(CC(=O)Nc3ccc(Cl)c(C(=O)OCCCC)c3)C2=O)cc1OC. The number of nitrogens with one attached hydrogen (secondary N) is 1. The first-order chi connectivity index (χ1) is 18.3. The minimum atomic E-state index is -0.619. The van der Waals surface area contributed by atoms with Crippen molar-refractivity contribution in [3.63, 3.8) is 0 Å². The van der Waals surface area contributed by atoms with Crippen molar-refractivity contribution in [1.82, 2.24) is 4.90 Å². The summed E-state index contributed by atoms with van der Waals surface area (Å²) >= 11 is 6.84. The predicted octanol–water partition coefficient (Wildman–Crippen LogP) is 5.55. The number of benzene rings is 2. The molecule has 2 aromatic carbocycles. The molecule has 11 heteroatoms. The fourth-order valence-electron chi connectivity index (χ4n) is 3.32. The topological polar surface area (TPSA) is 111 Å². The highest BCUT2D eigenvalue weighted by Crippen LogP contribution is 2.34. The lowest BCUT2D eigenvalue weighted by molar-refractivity contribution is -0.127. The van der Waals surface area contributed by atoms with Gasteiger partial charge >= 0.3 is 5.97 Å². The standard InChI is InChI=1S/C27H27ClN2O7S/c1-4-6-12-37-26(33)19-15-18(8-9-20(19)28)29-24(31)16-30-25(32)23(38-27(30)34)14-17-7-10-21(36-11-5-2)22(13-17)35-3/h5,7-10,13-15H,2,4,6,11-12,16H2,1,3H3,(H,29,31)/b23-14+. The molecular weight excluding hydrogens is 532 g/mol. The van der Waals surface area contributed by atoms with Crippen LogP contribution in [0, 0.1) is 0 Å². The third kappa shape index (κ3) is 7.39. The minimum absolute atomic E-state index is 0.103. The first-order valence-corrected chi connectivity index (χ1v) is 12.9. The first kappa shape index (κ1) is 28.8. The summed E-state index contributed by atoms with van der Waals surface area (Å²) in [6.45, 7) is 5.64. The third-order valence-corrected chi connectivity index (χ3v) is 6.46. The number of imide groups is 1. The molecule has 200 valence electrons. The normalized spacial score (nSPS) is 14.0. The summed E-state index contributed by atoms with van der Waals surface area (Å²) in [5, 5.41) is 2.18. The number of hydrogen-bond acceptors (Lipinski definition) is 8. The van der Waals surface area contributed by atoms with Gasteiger partial charge in [-0.25, -0.2) is 4.79 Å². The summed E-state index contributed by atoms with van der Waals surface area (Å²) in [6, 6.07) is 9.42. The van der Waals surface area contributed by atoms with Gasteiger partial charge in [0.1, 0.15) is 13.2 Å². The van der Waals surface area contributed by atoms with Gasteiger partial charge in [0, 0.05) is 5.69 Å². The summed E-state index contributed by atoms with van der Waals surface area (Å²) in [4.78, 5) is 51.3. The highest BCUT2D eigenvalue weighted by Gasteiger charge is 2.36. The second-order valence-electron chi connectivity index (χ2n) is 8.01. The van der Waals surface area contributed by atoms with E-state index in [-0.39, 0.29) is 27.8 Å². The molecule has 1 fully saturated rings. The number of nitrogens with zero attached hydrogens (tertiary/aromatic N) is 1. The maximum atomic E-state index is 12.9. The molecule has 9 nitrogen and oxygen atoms in total. The van der Waals surface area contributed by atoms with Crippen molar-refractivity contribution in [2.75, 3.05) is 32.2 Å². The summed E-state index contributed by atoms with van der Waals surface area (Å²) < 4.78 is 16.0. The van der Waals surface area contributed by atoms with E-state index in [2.05, 4.69) is 11.9 Å². The van der Waals surface area contributed by atoms with Gasteiger partial charge in [-0.05, 0) is 60.2 Å². The highest BCUT2D eigenvalue weighted by atomic mass is 35.5. The van der Waals surface area contributed by atoms with Crippen LogP contribution in [0.5, 0.6) is 11.5 Å². The smallest absolute Gasteiger partial charge is 0.339 e. The lowest BCUT2D eigenvalue weighted by atomic mass is 10.2. The van der Waals surface area contributed by atoms with Crippen molar-refractivity contribution in [3.05, 3.63) is 70.1 Å². The molecular formula is C27H27ClN2O7S. The number of halogens is 1. The molecule has 0 aliphatic carbocycles. The van der Waals surface area contributed by atoms with Crippen molar-refractivity contribution in [1.29, 1.82) is 0 Å². The van der Waals surface area contributed by atoms with E-state index in [0.29, 0.717) is 23.7 Å². The molecule has 1 N–H and O–H groups in total. The Morgan fingerprint density at radius 1 is 1.16 bits per heavy atom. The summed E-state index contributed by atoms with van der Waals surface area (Å²) in [6.07, 6.45) is 4.73.